The van der Waals surface area contributed by atoms with Crippen molar-refractivity contribution in [3.05, 3.63) is 41.7 Å². The third kappa shape index (κ3) is 2.30. The van der Waals surface area contributed by atoms with Crippen LogP contribution in [0.2, 0.25) is 0 Å². The van der Waals surface area contributed by atoms with Crippen molar-refractivity contribution in [1.29, 1.82) is 0 Å². The summed E-state index contributed by atoms with van der Waals surface area (Å²) in [7, 11) is 1.38. The third-order valence-corrected chi connectivity index (χ3v) is 2.79. The second-order valence-electron chi connectivity index (χ2n) is 4.08. The molecule has 1 radical (unpaired) electrons. The van der Waals surface area contributed by atoms with Crippen LogP contribution in [0.1, 0.15) is 5.56 Å². The molecule has 2 rings (SSSR count). The lowest BCUT2D eigenvalue weighted by molar-refractivity contribution is 0.235. The van der Waals surface area contributed by atoms with Crippen molar-refractivity contribution < 1.29 is 25.2 Å². The number of nitrogens with two attached hydrogens (primary N) is 1. The molecule has 0 aromatic heterocycles. The summed E-state index contributed by atoms with van der Waals surface area (Å²) in [6.45, 7) is 0. The molecule has 0 saturated heterocycles. The minimum Gasteiger partial charge on any atom is -0.511 e. The Morgan fingerprint density at radius 1 is 1.21 bits per heavy atom. The Morgan fingerprint density at radius 2 is 1.89 bits per heavy atom. The summed E-state index contributed by atoms with van der Waals surface area (Å²) in [6, 6.07) is 2.65. The van der Waals surface area contributed by atoms with Gasteiger partial charge in [0.25, 0.3) is 0 Å². The number of aromatic hydroxyl groups is 1. The molecule has 1 aliphatic carbocycles. The molecule has 101 valence electrons. The number of rotatable bonds is 2. The highest BCUT2D eigenvalue weighted by Crippen LogP contribution is 2.39. The molecule has 0 heterocycles. The first kappa shape index (κ1) is 13.1. The lowest BCUT2D eigenvalue weighted by Gasteiger charge is -2.19. The zero-order valence-electron chi connectivity index (χ0n) is 10.2. The number of hydrogen-bond acceptors (Lipinski definition) is 6. The number of benzene rings is 1. The highest BCUT2D eigenvalue weighted by atomic mass is 16.5. The lowest BCUT2D eigenvalue weighted by Crippen LogP contribution is -2.14. The number of aliphatic hydroxyl groups is 3. The van der Waals surface area contributed by atoms with Crippen LogP contribution in [0.3, 0.4) is 0 Å². The van der Waals surface area contributed by atoms with Crippen LogP contribution in [0, 0.1) is 6.42 Å². The molecule has 0 amide bonds. The van der Waals surface area contributed by atoms with Crippen molar-refractivity contribution in [2.24, 2.45) is 0 Å². The Kier molecular flexibility index (Phi) is 3.26. The van der Waals surface area contributed by atoms with E-state index in [4.69, 9.17) is 10.5 Å². The maximum Gasteiger partial charge on any atom is 0.162 e. The van der Waals surface area contributed by atoms with Crippen molar-refractivity contribution in [2.75, 3.05) is 12.8 Å². The van der Waals surface area contributed by atoms with E-state index in [1.807, 2.05) is 0 Å². The Bertz CT molecular complexity index is 577. The number of aliphatic hydroxyl groups excluding tert-OH is 3. The second-order valence-corrected chi connectivity index (χ2v) is 4.08. The van der Waals surface area contributed by atoms with Crippen molar-refractivity contribution in [2.45, 2.75) is 6.10 Å². The van der Waals surface area contributed by atoms with Crippen LogP contribution in [-0.4, -0.2) is 33.6 Å². The summed E-state index contributed by atoms with van der Waals surface area (Å²) in [6.07, 6.45) is 1.22. The number of allylic oxidation sites excluding steroid dienone is 1. The fourth-order valence-electron chi connectivity index (χ4n) is 1.91. The van der Waals surface area contributed by atoms with Gasteiger partial charge >= 0.3 is 0 Å². The van der Waals surface area contributed by atoms with Gasteiger partial charge in [-0.25, -0.2) is 0 Å². The van der Waals surface area contributed by atoms with Crippen LogP contribution in [-0.2, 0) is 0 Å². The SMILES string of the molecule is COc1cc(N)c(C2=C(O)[CH]C(O)C=C2O)cc1O. The van der Waals surface area contributed by atoms with E-state index in [1.54, 1.807) is 0 Å². The van der Waals surface area contributed by atoms with Gasteiger partial charge in [-0.2, -0.15) is 0 Å². The van der Waals surface area contributed by atoms with Crippen molar-refractivity contribution >= 4 is 11.3 Å². The number of anilines is 1. The van der Waals surface area contributed by atoms with Gasteiger partial charge in [0.15, 0.2) is 11.5 Å². The second kappa shape index (κ2) is 4.74. The van der Waals surface area contributed by atoms with Crippen LogP contribution in [0.4, 0.5) is 5.69 Å². The summed E-state index contributed by atoms with van der Waals surface area (Å²) in [5.74, 6) is -0.622. The molecule has 1 aromatic carbocycles. The third-order valence-electron chi connectivity index (χ3n) is 2.79. The van der Waals surface area contributed by atoms with Gasteiger partial charge in [-0.1, -0.05) is 0 Å². The normalized spacial score (nSPS) is 19.3. The minimum absolute atomic E-state index is 0.0424. The quantitative estimate of drug-likeness (QED) is 0.406. The molecule has 6 nitrogen and oxygen atoms in total. The van der Waals surface area contributed by atoms with Gasteiger partial charge in [0, 0.05) is 17.3 Å². The molecule has 1 aliphatic rings. The summed E-state index contributed by atoms with van der Waals surface area (Å²) in [5.41, 5.74) is 6.30. The van der Waals surface area contributed by atoms with Crippen molar-refractivity contribution in [3.8, 4) is 11.5 Å². The number of nitrogen functional groups attached to an aromatic ring is 1. The first-order valence-corrected chi connectivity index (χ1v) is 5.48. The first-order valence-electron chi connectivity index (χ1n) is 5.48. The van der Waals surface area contributed by atoms with E-state index < -0.39 is 6.10 Å². The van der Waals surface area contributed by atoms with Crippen LogP contribution in [0.5, 0.6) is 11.5 Å². The van der Waals surface area contributed by atoms with Gasteiger partial charge in [-0.3, -0.25) is 0 Å². The average molecular weight is 264 g/mol. The average Bonchev–Trinajstić information content (AvgIpc) is 2.31. The van der Waals surface area contributed by atoms with Gasteiger partial charge in [0.05, 0.1) is 25.2 Å². The maximum absolute atomic E-state index is 9.80. The molecule has 0 fully saturated rings. The van der Waals surface area contributed by atoms with Crippen LogP contribution in [0.25, 0.3) is 5.57 Å². The Balaban J connectivity index is 2.57. The Morgan fingerprint density at radius 3 is 2.47 bits per heavy atom. The fourth-order valence-corrected chi connectivity index (χ4v) is 1.91. The molecule has 1 atom stereocenters. The number of phenolic OH excluding ortho intramolecular Hbond substituents is 1. The van der Waals surface area contributed by atoms with Crippen molar-refractivity contribution in [3.63, 3.8) is 0 Å². The van der Waals surface area contributed by atoms with Crippen LogP contribution in [0.15, 0.2) is 29.7 Å². The topological polar surface area (TPSA) is 116 Å². The summed E-state index contributed by atoms with van der Waals surface area (Å²) >= 11 is 0. The van der Waals surface area contributed by atoms with E-state index in [9.17, 15) is 20.4 Å². The smallest absolute Gasteiger partial charge is 0.162 e. The van der Waals surface area contributed by atoms with E-state index in [-0.39, 0.29) is 39.8 Å². The predicted molar refractivity (Wildman–Crippen MR) is 69.6 cm³/mol. The lowest BCUT2D eigenvalue weighted by atomic mass is 9.93. The largest absolute Gasteiger partial charge is 0.511 e. The molecule has 1 aromatic rings. The molecule has 6 N–H and O–H groups in total. The van der Waals surface area contributed by atoms with E-state index in [0.717, 1.165) is 12.5 Å². The van der Waals surface area contributed by atoms with Gasteiger partial charge in [0.1, 0.15) is 11.5 Å². The Labute approximate surface area is 109 Å². The summed E-state index contributed by atoms with van der Waals surface area (Å²) < 4.78 is 4.91. The van der Waals surface area contributed by atoms with Crippen molar-refractivity contribution in [1.82, 2.24) is 0 Å². The standard InChI is InChI=1S/C13H14NO5/c1-19-12-5-8(14)7(4-9(12)16)13-10(17)2-6(15)3-11(13)18/h2-6,15-18H,14H2,1H3. The Hall–Kier alpha value is -2.34. The first-order chi connectivity index (χ1) is 8.93. The van der Waals surface area contributed by atoms with Gasteiger partial charge in [0.2, 0.25) is 0 Å². The number of ether oxygens (including phenoxy) is 1. The van der Waals surface area contributed by atoms with E-state index >= 15 is 0 Å². The van der Waals surface area contributed by atoms with E-state index in [0.29, 0.717) is 0 Å². The monoisotopic (exact) mass is 264 g/mol. The highest BCUT2D eigenvalue weighted by molar-refractivity contribution is 5.87. The van der Waals surface area contributed by atoms with Gasteiger partial charge < -0.3 is 30.9 Å². The minimum atomic E-state index is -1.07. The van der Waals surface area contributed by atoms with E-state index in [2.05, 4.69) is 0 Å². The number of phenols is 1. The zero-order chi connectivity index (χ0) is 14.2. The molecule has 19 heavy (non-hydrogen) atoms. The molecule has 6 heteroatoms. The number of methoxy groups -OCH3 is 1. The summed E-state index contributed by atoms with van der Waals surface area (Å²) in [5, 5.41) is 38.7. The molecule has 0 bridgehead atoms. The molecule has 1 unspecified atom stereocenters. The molecular formula is C13H14NO5. The number of hydrogen-bond donors (Lipinski definition) is 5. The molecule has 0 aliphatic heterocycles. The van der Waals surface area contributed by atoms with Gasteiger partial charge in [-0.15, -0.1) is 0 Å². The van der Waals surface area contributed by atoms with Gasteiger partial charge in [-0.05, 0) is 12.1 Å². The molecule has 0 spiro atoms. The molecular weight excluding hydrogens is 250 g/mol. The van der Waals surface area contributed by atoms with Crippen LogP contribution >= 0.6 is 0 Å². The highest BCUT2D eigenvalue weighted by Gasteiger charge is 2.24. The predicted octanol–water partition coefficient (Wildman–Crippen LogP) is 1.27. The zero-order valence-corrected chi connectivity index (χ0v) is 10.2. The van der Waals surface area contributed by atoms with E-state index in [1.165, 1.54) is 19.2 Å². The maximum atomic E-state index is 9.80. The summed E-state index contributed by atoms with van der Waals surface area (Å²) in [4.78, 5) is 0. The molecule has 0 saturated carbocycles. The fraction of sp³-hybridized carbons (Fsp3) is 0.154. The van der Waals surface area contributed by atoms with Crippen LogP contribution < -0.4 is 10.5 Å².